The zero-order valence-corrected chi connectivity index (χ0v) is 17.6. The van der Waals surface area contributed by atoms with E-state index in [1.165, 1.54) is 0 Å². The number of carbonyl (C=O) groups excluding carboxylic acids is 1. The molecule has 1 unspecified atom stereocenters. The third-order valence-electron chi connectivity index (χ3n) is 6.57. The first-order valence-electron chi connectivity index (χ1n) is 10.8. The van der Waals surface area contributed by atoms with Crippen LogP contribution in [0, 0.1) is 5.92 Å². The highest BCUT2D eigenvalue weighted by Gasteiger charge is 2.62. The number of aromatic amines is 1. The largest absolute Gasteiger partial charge is 0.377 e. The summed E-state index contributed by atoms with van der Waals surface area (Å²) in [6.07, 6.45) is 1.77. The first kappa shape index (κ1) is 19.6. The molecule has 0 radical (unpaired) electrons. The van der Waals surface area contributed by atoms with Crippen molar-refractivity contribution >= 4 is 22.8 Å². The Morgan fingerprint density at radius 2 is 2.19 bits per heavy atom. The van der Waals surface area contributed by atoms with Crippen LogP contribution < -0.4 is 4.90 Å². The third-order valence-corrected chi connectivity index (χ3v) is 6.57. The first-order valence-corrected chi connectivity index (χ1v) is 10.8. The van der Waals surface area contributed by atoms with Crippen molar-refractivity contribution in [2.75, 3.05) is 31.2 Å². The number of halogens is 2. The second kappa shape index (κ2) is 6.96. The summed E-state index contributed by atoms with van der Waals surface area (Å²) in [6, 6.07) is 3.93. The van der Waals surface area contributed by atoms with Gasteiger partial charge in [-0.25, -0.2) is 13.8 Å². The molecule has 2 atom stereocenters. The first-order chi connectivity index (χ1) is 15.4. The van der Waals surface area contributed by atoms with Crippen molar-refractivity contribution in [2.45, 2.75) is 38.3 Å². The summed E-state index contributed by atoms with van der Waals surface area (Å²) < 4.78 is 34.5. The van der Waals surface area contributed by atoms with Crippen molar-refractivity contribution in [2.24, 2.45) is 5.92 Å². The van der Waals surface area contributed by atoms with Gasteiger partial charge in [0.1, 0.15) is 11.7 Å². The molecular formula is C21H23F2N7O2. The highest BCUT2D eigenvalue weighted by molar-refractivity contribution is 5.88. The normalized spacial score (nSPS) is 24.6. The van der Waals surface area contributed by atoms with Gasteiger partial charge >= 0.3 is 0 Å². The molecule has 0 spiro atoms. The number of pyridine rings is 1. The predicted octanol–water partition coefficient (Wildman–Crippen LogP) is 1.91. The van der Waals surface area contributed by atoms with Gasteiger partial charge in [-0.15, -0.1) is 0 Å². The lowest BCUT2D eigenvalue weighted by Crippen LogP contribution is -2.44. The van der Waals surface area contributed by atoms with E-state index in [2.05, 4.69) is 22.0 Å². The van der Waals surface area contributed by atoms with Crippen molar-refractivity contribution in [1.82, 2.24) is 29.9 Å². The van der Waals surface area contributed by atoms with Crippen LogP contribution in [0.3, 0.4) is 0 Å². The van der Waals surface area contributed by atoms with E-state index in [9.17, 15) is 13.6 Å². The predicted molar refractivity (Wildman–Crippen MR) is 111 cm³/mol. The van der Waals surface area contributed by atoms with E-state index < -0.39 is 17.7 Å². The number of anilines is 1. The molecule has 3 aromatic rings. The van der Waals surface area contributed by atoms with Crippen LogP contribution in [0.1, 0.15) is 24.6 Å². The van der Waals surface area contributed by atoms with Crippen LogP contribution in [0.5, 0.6) is 0 Å². The standard InChI is InChI=1S/C21H23F2N7O2/c1-12-11-32-7-6-29(12)17-8-13-10-28(20(31)14-9-21(14,22)23)5-3-15-18(13)19(25-17)30(27-15)16-2-4-24-26-16/h2,4,8,12,14H,3,5-7,9-11H2,1H3,(H,24,26)/t12-,14?/m1/s1. The number of carbonyl (C=O) groups is 1. The fourth-order valence-electron chi connectivity index (χ4n) is 4.72. The van der Waals surface area contributed by atoms with Gasteiger partial charge in [0, 0.05) is 43.9 Å². The van der Waals surface area contributed by atoms with Gasteiger partial charge in [0.05, 0.1) is 31.1 Å². The number of H-pyrrole nitrogens is 1. The van der Waals surface area contributed by atoms with Crippen molar-refractivity contribution in [3.63, 3.8) is 0 Å². The Bertz CT molecular complexity index is 1190. The number of alkyl halides is 2. The van der Waals surface area contributed by atoms with Gasteiger partial charge in [0.25, 0.3) is 5.92 Å². The molecule has 32 heavy (non-hydrogen) atoms. The molecule has 5 heterocycles. The van der Waals surface area contributed by atoms with E-state index in [1.54, 1.807) is 15.8 Å². The highest BCUT2D eigenvalue weighted by atomic mass is 19.3. The van der Waals surface area contributed by atoms with E-state index in [0.29, 0.717) is 44.2 Å². The summed E-state index contributed by atoms with van der Waals surface area (Å²) >= 11 is 0. The highest BCUT2D eigenvalue weighted by Crippen LogP contribution is 2.50. The number of hydrogen-bond donors (Lipinski definition) is 1. The maximum Gasteiger partial charge on any atom is 0.260 e. The molecule has 9 nitrogen and oxygen atoms in total. The molecular weight excluding hydrogens is 420 g/mol. The molecule has 6 rings (SSSR count). The Hall–Kier alpha value is -3.08. The number of morpholine rings is 1. The quantitative estimate of drug-likeness (QED) is 0.665. The minimum atomic E-state index is -2.88. The molecule has 1 saturated heterocycles. The zero-order valence-electron chi connectivity index (χ0n) is 17.6. The Morgan fingerprint density at radius 1 is 1.34 bits per heavy atom. The third kappa shape index (κ3) is 3.06. The van der Waals surface area contributed by atoms with Crippen LogP contribution in [0.4, 0.5) is 14.6 Å². The smallest absolute Gasteiger partial charge is 0.260 e. The molecule has 3 aliphatic rings. The number of rotatable bonds is 3. The molecule has 2 aliphatic heterocycles. The maximum atomic E-state index is 13.6. The summed E-state index contributed by atoms with van der Waals surface area (Å²) in [7, 11) is 0. The van der Waals surface area contributed by atoms with Gasteiger partial charge in [-0.05, 0) is 18.6 Å². The zero-order chi connectivity index (χ0) is 22.0. The summed E-state index contributed by atoms with van der Waals surface area (Å²) in [5.41, 5.74) is 2.34. The lowest BCUT2D eigenvalue weighted by atomic mass is 10.1. The van der Waals surface area contributed by atoms with Crippen LogP contribution in [0.15, 0.2) is 18.3 Å². The minimum Gasteiger partial charge on any atom is -0.377 e. The van der Waals surface area contributed by atoms with E-state index in [1.807, 2.05) is 12.1 Å². The van der Waals surface area contributed by atoms with Gasteiger partial charge < -0.3 is 14.5 Å². The van der Waals surface area contributed by atoms with Crippen molar-refractivity contribution < 1.29 is 18.3 Å². The number of aromatic nitrogens is 5. The Labute approximate surface area is 182 Å². The molecule has 11 heteroatoms. The number of hydrogen-bond acceptors (Lipinski definition) is 6. The Kier molecular flexibility index (Phi) is 4.26. The molecule has 3 aromatic heterocycles. The van der Waals surface area contributed by atoms with Crippen LogP contribution in [-0.4, -0.2) is 74.0 Å². The molecule has 0 aromatic carbocycles. The second-order valence-electron chi connectivity index (χ2n) is 8.78. The molecule has 2 fully saturated rings. The number of amides is 1. The van der Waals surface area contributed by atoms with Crippen molar-refractivity contribution in [1.29, 1.82) is 0 Å². The van der Waals surface area contributed by atoms with Crippen LogP contribution >= 0.6 is 0 Å². The van der Waals surface area contributed by atoms with Crippen molar-refractivity contribution in [3.8, 4) is 5.82 Å². The van der Waals surface area contributed by atoms with Crippen LogP contribution in [-0.2, 0) is 22.5 Å². The summed E-state index contributed by atoms with van der Waals surface area (Å²) in [4.78, 5) is 21.5. The Morgan fingerprint density at radius 3 is 2.91 bits per heavy atom. The molecule has 1 amide bonds. The summed E-state index contributed by atoms with van der Waals surface area (Å²) in [6.45, 7) is 4.58. The minimum absolute atomic E-state index is 0.137. The maximum absolute atomic E-state index is 13.6. The van der Waals surface area contributed by atoms with Crippen LogP contribution in [0.25, 0.3) is 16.9 Å². The molecule has 0 bridgehead atoms. The van der Waals surface area contributed by atoms with Gasteiger partial charge in [0.2, 0.25) is 5.91 Å². The molecule has 168 valence electrons. The lowest BCUT2D eigenvalue weighted by molar-refractivity contribution is -0.135. The van der Waals surface area contributed by atoms with Gasteiger partial charge in [-0.3, -0.25) is 9.89 Å². The van der Waals surface area contributed by atoms with Crippen molar-refractivity contribution in [3.05, 3.63) is 29.6 Å². The van der Waals surface area contributed by atoms with E-state index in [-0.39, 0.29) is 19.0 Å². The van der Waals surface area contributed by atoms with E-state index in [4.69, 9.17) is 14.8 Å². The lowest BCUT2D eigenvalue weighted by Gasteiger charge is -2.34. The fourth-order valence-corrected chi connectivity index (χ4v) is 4.72. The topological polar surface area (TPSA) is 92.2 Å². The monoisotopic (exact) mass is 443 g/mol. The molecule has 1 aliphatic carbocycles. The van der Waals surface area contributed by atoms with Gasteiger partial charge in [0.15, 0.2) is 11.5 Å². The average molecular weight is 443 g/mol. The number of nitrogens with one attached hydrogen (secondary N) is 1. The fraction of sp³-hybridized carbons (Fsp3) is 0.524. The summed E-state index contributed by atoms with van der Waals surface area (Å²) in [5.74, 6) is -3.10. The van der Waals surface area contributed by atoms with Gasteiger partial charge in [-0.1, -0.05) is 0 Å². The van der Waals surface area contributed by atoms with E-state index >= 15 is 0 Å². The Balaban J connectivity index is 1.47. The van der Waals surface area contributed by atoms with Gasteiger partial charge in [-0.2, -0.15) is 14.9 Å². The van der Waals surface area contributed by atoms with E-state index in [0.717, 1.165) is 22.5 Å². The van der Waals surface area contributed by atoms with Crippen LogP contribution in [0.2, 0.25) is 0 Å². The summed E-state index contributed by atoms with van der Waals surface area (Å²) in [5, 5.41) is 12.6. The molecule has 1 saturated carbocycles. The number of ether oxygens (including phenoxy) is 1. The second-order valence-corrected chi connectivity index (χ2v) is 8.78. The average Bonchev–Trinajstić information content (AvgIpc) is 3.09. The molecule has 1 N–H and O–H groups in total. The SMILES string of the molecule is C[C@@H]1COCCN1c1cc2c3c(nn(-c4ccn[nH]4)c3n1)CCN(C(=O)C1CC1(F)F)C2. The number of nitrogens with zero attached hydrogens (tertiary/aromatic N) is 6.